The number of piperidine rings is 1. The van der Waals surface area contributed by atoms with Crippen molar-refractivity contribution in [1.29, 1.82) is 0 Å². The van der Waals surface area contributed by atoms with Crippen molar-refractivity contribution in [3.05, 3.63) is 22.7 Å². The zero-order valence-electron chi connectivity index (χ0n) is 15.3. The number of nitrogens with one attached hydrogen (secondary N) is 1. The summed E-state index contributed by atoms with van der Waals surface area (Å²) in [6.45, 7) is 4.32. The van der Waals surface area contributed by atoms with Crippen LogP contribution in [0.25, 0.3) is 0 Å². The molecule has 1 fully saturated rings. The number of nitrogens with zero attached hydrogens (tertiary/aromatic N) is 1. The molecule has 0 saturated carbocycles. The first-order chi connectivity index (χ1) is 11.6. The van der Waals surface area contributed by atoms with Gasteiger partial charge in [-0.3, -0.25) is 4.79 Å². The minimum Gasteiger partial charge on any atom is -0.496 e. The van der Waals surface area contributed by atoms with E-state index in [9.17, 15) is 4.79 Å². The molecule has 1 aromatic carbocycles. The number of carbonyl (C=O) groups is 1. The molecule has 8 heteroatoms. The van der Waals surface area contributed by atoms with Gasteiger partial charge in [-0.05, 0) is 51.4 Å². The molecule has 0 aromatic heterocycles. The Labute approximate surface area is 173 Å². The molecule has 1 saturated heterocycles. The molecule has 1 amide bonds. The number of hydrogen-bond acceptors (Lipinski definition) is 4. The third-order valence-electron chi connectivity index (χ3n) is 4.45. The Balaban J connectivity index is 0.00000312. The first-order valence-electron chi connectivity index (χ1n) is 8.75. The molecule has 1 aliphatic heterocycles. The van der Waals surface area contributed by atoms with Gasteiger partial charge >= 0.3 is 0 Å². The third-order valence-corrected chi connectivity index (χ3v) is 4.78. The van der Waals surface area contributed by atoms with Crippen molar-refractivity contribution in [3.63, 3.8) is 0 Å². The summed E-state index contributed by atoms with van der Waals surface area (Å²) in [4.78, 5) is 14.8. The maximum absolute atomic E-state index is 12.3. The van der Waals surface area contributed by atoms with Gasteiger partial charge in [0.2, 0.25) is 0 Å². The largest absolute Gasteiger partial charge is 0.496 e. The number of unbranched alkanes of at least 4 members (excludes halogenated alkanes) is 2. The SMILES string of the molecule is COc1cc(N)c(Cl)cc1C(=O)NCCCCCN1CCCCC1.Cl.Cl. The number of rotatable bonds is 8. The number of nitrogens with two attached hydrogens (primary N) is 1. The van der Waals surface area contributed by atoms with Crippen LogP contribution in [0.2, 0.25) is 5.02 Å². The molecule has 2 rings (SSSR count). The number of anilines is 1. The molecular weight excluding hydrogens is 397 g/mol. The van der Waals surface area contributed by atoms with Crippen LogP contribution in [0.1, 0.15) is 48.9 Å². The lowest BCUT2D eigenvalue weighted by Gasteiger charge is -2.26. The number of benzene rings is 1. The molecule has 5 nitrogen and oxygen atoms in total. The Kier molecular flexibility index (Phi) is 12.9. The second-order valence-corrected chi connectivity index (χ2v) is 6.70. The molecule has 3 N–H and O–H groups in total. The fourth-order valence-corrected chi connectivity index (χ4v) is 3.20. The predicted molar refractivity (Wildman–Crippen MR) is 113 cm³/mol. The minimum absolute atomic E-state index is 0. The van der Waals surface area contributed by atoms with Gasteiger partial charge in [0.25, 0.3) is 5.91 Å². The second kappa shape index (κ2) is 13.3. The van der Waals surface area contributed by atoms with Crippen molar-refractivity contribution in [2.75, 3.05) is 39.0 Å². The standard InChI is InChI=1S/C18H28ClN3O2.2ClH/c1-24-17-13-16(20)15(19)12-14(17)18(23)21-8-4-2-5-9-22-10-6-3-7-11-22;;/h12-13H,2-11,20H2,1H3,(H,21,23);2*1H. The lowest BCUT2D eigenvalue weighted by molar-refractivity contribution is 0.0950. The van der Waals surface area contributed by atoms with Gasteiger partial charge in [-0.15, -0.1) is 24.8 Å². The van der Waals surface area contributed by atoms with Crippen LogP contribution in [-0.2, 0) is 0 Å². The van der Waals surface area contributed by atoms with Crippen LogP contribution >= 0.6 is 36.4 Å². The van der Waals surface area contributed by atoms with E-state index in [4.69, 9.17) is 22.1 Å². The lowest BCUT2D eigenvalue weighted by atomic mass is 10.1. The van der Waals surface area contributed by atoms with E-state index in [2.05, 4.69) is 10.2 Å². The van der Waals surface area contributed by atoms with E-state index in [0.29, 0.717) is 28.6 Å². The maximum atomic E-state index is 12.3. The van der Waals surface area contributed by atoms with Gasteiger partial charge in [-0.25, -0.2) is 0 Å². The van der Waals surface area contributed by atoms with Crippen LogP contribution in [0.5, 0.6) is 5.75 Å². The summed E-state index contributed by atoms with van der Waals surface area (Å²) in [7, 11) is 1.51. The van der Waals surface area contributed by atoms with Gasteiger partial charge in [0.15, 0.2) is 0 Å². The molecule has 150 valence electrons. The lowest BCUT2D eigenvalue weighted by Crippen LogP contribution is -2.30. The highest BCUT2D eigenvalue weighted by molar-refractivity contribution is 6.33. The molecule has 1 heterocycles. The number of likely N-dealkylation sites (tertiary alicyclic amines) is 1. The van der Waals surface area contributed by atoms with E-state index in [0.717, 1.165) is 12.8 Å². The summed E-state index contributed by atoms with van der Waals surface area (Å²) in [5, 5.41) is 3.29. The monoisotopic (exact) mass is 425 g/mol. The topological polar surface area (TPSA) is 67.6 Å². The number of carbonyl (C=O) groups excluding carboxylic acids is 1. The van der Waals surface area contributed by atoms with Gasteiger partial charge < -0.3 is 20.7 Å². The van der Waals surface area contributed by atoms with Crippen LogP contribution in [0.3, 0.4) is 0 Å². The zero-order chi connectivity index (χ0) is 17.4. The average Bonchev–Trinajstić information content (AvgIpc) is 2.60. The summed E-state index contributed by atoms with van der Waals surface area (Å²) in [5.74, 6) is 0.268. The Morgan fingerprint density at radius 3 is 2.54 bits per heavy atom. The highest BCUT2D eigenvalue weighted by Crippen LogP contribution is 2.28. The van der Waals surface area contributed by atoms with Crippen molar-refractivity contribution in [1.82, 2.24) is 10.2 Å². The first kappa shape index (κ1) is 25.1. The van der Waals surface area contributed by atoms with E-state index < -0.39 is 0 Å². The van der Waals surface area contributed by atoms with Gasteiger partial charge in [-0.2, -0.15) is 0 Å². The third kappa shape index (κ3) is 7.78. The van der Waals surface area contributed by atoms with Crippen LogP contribution in [0.15, 0.2) is 12.1 Å². The molecule has 26 heavy (non-hydrogen) atoms. The highest BCUT2D eigenvalue weighted by atomic mass is 35.5. The van der Waals surface area contributed by atoms with Crippen molar-refractivity contribution in [2.24, 2.45) is 0 Å². The van der Waals surface area contributed by atoms with E-state index in [1.807, 2.05) is 0 Å². The fourth-order valence-electron chi connectivity index (χ4n) is 3.03. The molecular formula is C18H30Cl3N3O2. The number of ether oxygens (including phenoxy) is 1. The zero-order valence-corrected chi connectivity index (χ0v) is 17.7. The Bertz CT molecular complexity index is 553. The van der Waals surface area contributed by atoms with E-state index >= 15 is 0 Å². The van der Waals surface area contributed by atoms with Crippen molar-refractivity contribution < 1.29 is 9.53 Å². The summed E-state index contributed by atoms with van der Waals surface area (Å²) in [6.07, 6.45) is 7.33. The van der Waals surface area contributed by atoms with E-state index in [1.54, 1.807) is 12.1 Å². The number of nitrogen functional groups attached to an aromatic ring is 1. The summed E-state index contributed by atoms with van der Waals surface area (Å²) < 4.78 is 5.21. The Morgan fingerprint density at radius 1 is 1.19 bits per heavy atom. The van der Waals surface area contributed by atoms with Crippen molar-refractivity contribution in [3.8, 4) is 5.75 Å². The van der Waals surface area contributed by atoms with Crippen LogP contribution in [-0.4, -0.2) is 44.1 Å². The summed E-state index contributed by atoms with van der Waals surface area (Å²) in [6, 6.07) is 3.14. The Morgan fingerprint density at radius 2 is 1.88 bits per heavy atom. The Hall–Kier alpha value is -0.880. The first-order valence-corrected chi connectivity index (χ1v) is 9.13. The molecule has 0 aliphatic carbocycles. The van der Waals surface area contributed by atoms with Crippen LogP contribution in [0, 0.1) is 0 Å². The van der Waals surface area contributed by atoms with E-state index in [-0.39, 0.29) is 30.7 Å². The van der Waals surface area contributed by atoms with Gasteiger partial charge in [0.05, 0.1) is 23.4 Å². The smallest absolute Gasteiger partial charge is 0.255 e. The van der Waals surface area contributed by atoms with Gasteiger partial charge in [0.1, 0.15) is 5.75 Å². The molecule has 0 spiro atoms. The molecule has 1 aromatic rings. The fraction of sp³-hybridized carbons (Fsp3) is 0.611. The molecule has 1 aliphatic rings. The molecule has 0 radical (unpaired) electrons. The van der Waals surface area contributed by atoms with Crippen LogP contribution < -0.4 is 15.8 Å². The number of halogens is 3. The van der Waals surface area contributed by atoms with E-state index in [1.165, 1.54) is 52.4 Å². The average molecular weight is 427 g/mol. The van der Waals surface area contributed by atoms with Crippen molar-refractivity contribution in [2.45, 2.75) is 38.5 Å². The molecule has 0 atom stereocenters. The molecule has 0 unspecified atom stereocenters. The van der Waals surface area contributed by atoms with Gasteiger partial charge in [0, 0.05) is 12.6 Å². The maximum Gasteiger partial charge on any atom is 0.255 e. The van der Waals surface area contributed by atoms with Gasteiger partial charge in [-0.1, -0.05) is 24.4 Å². The number of amides is 1. The number of hydrogen-bond donors (Lipinski definition) is 2. The normalized spacial score (nSPS) is 14.1. The molecule has 0 bridgehead atoms. The van der Waals surface area contributed by atoms with Crippen molar-refractivity contribution >= 4 is 48.0 Å². The quantitative estimate of drug-likeness (QED) is 0.484. The second-order valence-electron chi connectivity index (χ2n) is 6.29. The summed E-state index contributed by atoms with van der Waals surface area (Å²) in [5.41, 5.74) is 6.56. The minimum atomic E-state index is -0.176. The summed E-state index contributed by atoms with van der Waals surface area (Å²) >= 11 is 6.00. The highest BCUT2D eigenvalue weighted by Gasteiger charge is 2.14. The predicted octanol–water partition coefficient (Wildman–Crippen LogP) is 4.16. The van der Waals surface area contributed by atoms with Crippen LogP contribution in [0.4, 0.5) is 5.69 Å². The number of methoxy groups -OCH3 is 1.